The van der Waals surface area contributed by atoms with Gasteiger partial charge in [-0.2, -0.15) is 10.5 Å². The Labute approximate surface area is 119 Å². The van der Waals surface area contributed by atoms with Gasteiger partial charge in [0.05, 0.1) is 12.1 Å². The van der Waals surface area contributed by atoms with Crippen LogP contribution in [-0.2, 0) is 10.2 Å². The molecule has 5 heteroatoms. The van der Waals surface area contributed by atoms with Crippen LogP contribution in [0.2, 0.25) is 0 Å². The first-order chi connectivity index (χ1) is 9.07. The van der Waals surface area contributed by atoms with Crippen molar-refractivity contribution in [1.29, 1.82) is 10.5 Å². The number of nitriles is 2. The van der Waals surface area contributed by atoms with Crippen LogP contribution in [0.15, 0.2) is 28.7 Å². The standard InChI is InChI=1S/C14H11BrN2O2/c15-12-5-3-10(4-6-12)14(13(18)19,9-1-2-9)11(7-16)8-17/h3-6,9,11H,1-2H2,(H,18,19). The highest BCUT2D eigenvalue weighted by atomic mass is 79.9. The van der Waals surface area contributed by atoms with Crippen molar-refractivity contribution in [1.82, 2.24) is 0 Å². The summed E-state index contributed by atoms with van der Waals surface area (Å²) < 4.78 is 0.830. The molecule has 0 amide bonds. The number of carboxylic acid groups (broad SMARTS) is 1. The number of carboxylic acids is 1. The van der Waals surface area contributed by atoms with Gasteiger partial charge in [0, 0.05) is 4.47 Å². The molecule has 1 unspecified atom stereocenters. The monoisotopic (exact) mass is 318 g/mol. The van der Waals surface area contributed by atoms with Gasteiger partial charge in [-0.25, -0.2) is 0 Å². The molecule has 0 radical (unpaired) electrons. The van der Waals surface area contributed by atoms with E-state index >= 15 is 0 Å². The molecule has 1 aliphatic rings. The third-order valence-corrected chi connectivity index (χ3v) is 4.14. The lowest BCUT2D eigenvalue weighted by Gasteiger charge is -2.30. The molecule has 1 fully saturated rings. The lowest BCUT2D eigenvalue weighted by molar-refractivity contribution is -0.145. The molecule has 0 saturated heterocycles. The Bertz CT molecular complexity index is 567. The third kappa shape index (κ3) is 2.11. The largest absolute Gasteiger partial charge is 0.481 e. The van der Waals surface area contributed by atoms with Gasteiger partial charge in [-0.05, 0) is 36.5 Å². The van der Waals surface area contributed by atoms with Crippen LogP contribution in [0, 0.1) is 34.5 Å². The number of carbonyl (C=O) groups is 1. The van der Waals surface area contributed by atoms with Gasteiger partial charge in [-0.15, -0.1) is 0 Å². The molecule has 96 valence electrons. The molecule has 1 aromatic carbocycles. The van der Waals surface area contributed by atoms with Gasteiger partial charge in [0.1, 0.15) is 5.41 Å². The van der Waals surface area contributed by atoms with Crippen molar-refractivity contribution in [2.75, 3.05) is 0 Å². The van der Waals surface area contributed by atoms with Gasteiger partial charge in [0.15, 0.2) is 5.92 Å². The van der Waals surface area contributed by atoms with Crippen LogP contribution in [0.4, 0.5) is 0 Å². The van der Waals surface area contributed by atoms with Crippen molar-refractivity contribution < 1.29 is 9.90 Å². The van der Waals surface area contributed by atoms with Crippen LogP contribution in [0.1, 0.15) is 18.4 Å². The summed E-state index contributed by atoms with van der Waals surface area (Å²) in [7, 11) is 0. The summed E-state index contributed by atoms with van der Waals surface area (Å²) in [4.78, 5) is 11.8. The molecule has 0 spiro atoms. The molecule has 2 rings (SSSR count). The van der Waals surface area contributed by atoms with E-state index in [0.29, 0.717) is 5.56 Å². The number of benzene rings is 1. The number of nitrogens with zero attached hydrogens (tertiary/aromatic N) is 2. The zero-order valence-corrected chi connectivity index (χ0v) is 11.6. The summed E-state index contributed by atoms with van der Waals surface area (Å²) in [6.45, 7) is 0. The van der Waals surface area contributed by atoms with Crippen LogP contribution in [0.25, 0.3) is 0 Å². The minimum atomic E-state index is -1.41. The summed E-state index contributed by atoms with van der Waals surface area (Å²) in [5.41, 5.74) is -0.886. The van der Waals surface area contributed by atoms with E-state index in [-0.39, 0.29) is 5.92 Å². The summed E-state index contributed by atoms with van der Waals surface area (Å²) in [6, 6.07) is 10.5. The molecular formula is C14H11BrN2O2. The van der Waals surface area contributed by atoms with Crippen molar-refractivity contribution in [3.8, 4) is 12.1 Å². The molecule has 0 aromatic heterocycles. The van der Waals surface area contributed by atoms with Crippen molar-refractivity contribution >= 4 is 21.9 Å². The third-order valence-electron chi connectivity index (χ3n) is 3.61. The quantitative estimate of drug-likeness (QED) is 0.925. The van der Waals surface area contributed by atoms with Crippen LogP contribution in [0.5, 0.6) is 0 Å². The van der Waals surface area contributed by atoms with E-state index in [1.807, 2.05) is 12.1 Å². The number of aliphatic carboxylic acids is 1. The Morgan fingerprint density at radius 1 is 1.32 bits per heavy atom. The highest BCUT2D eigenvalue weighted by Gasteiger charge is 2.58. The first-order valence-corrected chi connectivity index (χ1v) is 6.65. The Kier molecular flexibility index (Phi) is 3.59. The normalized spacial score (nSPS) is 17.3. The molecule has 19 heavy (non-hydrogen) atoms. The zero-order chi connectivity index (χ0) is 14.0. The maximum atomic E-state index is 11.8. The average molecular weight is 319 g/mol. The summed E-state index contributed by atoms with van der Waals surface area (Å²) in [5, 5.41) is 28.0. The number of hydrogen-bond acceptors (Lipinski definition) is 3. The molecule has 1 aromatic rings. The second kappa shape index (κ2) is 5.03. The van der Waals surface area contributed by atoms with E-state index in [1.54, 1.807) is 24.3 Å². The van der Waals surface area contributed by atoms with Gasteiger partial charge >= 0.3 is 5.97 Å². The summed E-state index contributed by atoms with van der Waals surface area (Å²) in [6.07, 6.45) is 1.48. The molecule has 1 aliphatic carbocycles. The predicted molar refractivity (Wildman–Crippen MR) is 70.9 cm³/mol. The average Bonchev–Trinajstić information content (AvgIpc) is 3.21. The van der Waals surface area contributed by atoms with Crippen molar-refractivity contribution in [3.05, 3.63) is 34.3 Å². The van der Waals surface area contributed by atoms with Gasteiger partial charge in [-0.1, -0.05) is 28.1 Å². The Morgan fingerprint density at radius 2 is 1.84 bits per heavy atom. The van der Waals surface area contributed by atoms with Crippen LogP contribution in [-0.4, -0.2) is 11.1 Å². The van der Waals surface area contributed by atoms with Crippen molar-refractivity contribution in [2.45, 2.75) is 18.3 Å². The van der Waals surface area contributed by atoms with Crippen LogP contribution < -0.4 is 0 Å². The van der Waals surface area contributed by atoms with E-state index in [0.717, 1.165) is 17.3 Å². The van der Waals surface area contributed by atoms with E-state index in [4.69, 9.17) is 10.5 Å². The lowest BCUT2D eigenvalue weighted by atomic mass is 9.67. The minimum absolute atomic E-state index is 0.143. The maximum absolute atomic E-state index is 11.8. The van der Waals surface area contributed by atoms with Crippen molar-refractivity contribution in [3.63, 3.8) is 0 Å². The van der Waals surface area contributed by atoms with Gasteiger partial charge in [-0.3, -0.25) is 4.79 Å². The zero-order valence-electron chi connectivity index (χ0n) is 10.0. The molecule has 0 aliphatic heterocycles. The molecule has 1 saturated carbocycles. The fourth-order valence-electron chi connectivity index (χ4n) is 2.56. The van der Waals surface area contributed by atoms with Crippen LogP contribution in [0.3, 0.4) is 0 Å². The number of hydrogen-bond donors (Lipinski definition) is 1. The Morgan fingerprint density at radius 3 is 2.21 bits per heavy atom. The van der Waals surface area contributed by atoms with Crippen molar-refractivity contribution in [2.24, 2.45) is 11.8 Å². The Hall–Kier alpha value is -1.85. The van der Waals surface area contributed by atoms with Gasteiger partial charge in [0.2, 0.25) is 0 Å². The highest BCUT2D eigenvalue weighted by Crippen LogP contribution is 2.52. The molecular weight excluding hydrogens is 308 g/mol. The van der Waals surface area contributed by atoms with Crippen LogP contribution >= 0.6 is 15.9 Å². The highest BCUT2D eigenvalue weighted by molar-refractivity contribution is 9.10. The minimum Gasteiger partial charge on any atom is -0.481 e. The number of rotatable bonds is 4. The Balaban J connectivity index is 2.63. The second-order valence-electron chi connectivity index (χ2n) is 4.65. The lowest BCUT2D eigenvalue weighted by Crippen LogP contribution is -2.44. The maximum Gasteiger partial charge on any atom is 0.316 e. The first kappa shape index (κ1) is 13.6. The molecule has 1 N–H and O–H groups in total. The summed E-state index contributed by atoms with van der Waals surface area (Å²) in [5.74, 6) is -2.42. The summed E-state index contributed by atoms with van der Waals surface area (Å²) >= 11 is 3.30. The topological polar surface area (TPSA) is 84.9 Å². The van der Waals surface area contributed by atoms with E-state index in [1.165, 1.54) is 0 Å². The molecule has 1 atom stereocenters. The molecule has 0 heterocycles. The van der Waals surface area contributed by atoms with Gasteiger partial charge < -0.3 is 5.11 Å². The fourth-order valence-corrected chi connectivity index (χ4v) is 2.82. The molecule has 0 bridgehead atoms. The van der Waals surface area contributed by atoms with E-state index in [9.17, 15) is 9.90 Å². The van der Waals surface area contributed by atoms with E-state index < -0.39 is 17.3 Å². The SMILES string of the molecule is N#CC(C#N)C(C(=O)O)(c1ccc(Br)cc1)C1CC1. The second-order valence-corrected chi connectivity index (χ2v) is 5.56. The van der Waals surface area contributed by atoms with Gasteiger partial charge in [0.25, 0.3) is 0 Å². The fraction of sp³-hybridized carbons (Fsp3) is 0.357. The smallest absolute Gasteiger partial charge is 0.316 e. The van der Waals surface area contributed by atoms with E-state index in [2.05, 4.69) is 15.9 Å². The first-order valence-electron chi connectivity index (χ1n) is 5.86. The predicted octanol–water partition coefficient (Wildman–Crippen LogP) is 2.84. The number of halogens is 1. The molecule has 4 nitrogen and oxygen atoms in total.